The van der Waals surface area contributed by atoms with Crippen LogP contribution in [0.3, 0.4) is 0 Å². The van der Waals surface area contributed by atoms with Crippen LogP contribution < -0.4 is 10.2 Å². The fraction of sp³-hybridized carbons (Fsp3) is 0.471. The summed E-state index contributed by atoms with van der Waals surface area (Å²) in [4.78, 5) is 35.7. The van der Waals surface area contributed by atoms with Crippen LogP contribution in [0.4, 0.5) is 10.1 Å². The number of rotatable bonds is 13. The molecular formula is C17H22ClFN2O8S. The molecule has 1 unspecified atom stereocenters. The van der Waals surface area contributed by atoms with Gasteiger partial charge in [-0.3, -0.25) is 13.8 Å². The van der Waals surface area contributed by atoms with Gasteiger partial charge in [-0.1, -0.05) is 0 Å². The van der Waals surface area contributed by atoms with Crippen molar-refractivity contribution in [3.63, 3.8) is 0 Å². The molecule has 168 valence electrons. The molecule has 0 radical (unpaired) electrons. The number of carbonyl (C=O) groups excluding carboxylic acids is 1. The summed E-state index contributed by atoms with van der Waals surface area (Å²) >= 11 is 5.75. The highest BCUT2D eigenvalue weighted by Gasteiger charge is 2.31. The molecule has 2 atom stereocenters. The van der Waals surface area contributed by atoms with Crippen LogP contribution in [0, 0.1) is 0 Å². The molecule has 0 aliphatic carbocycles. The number of hydrogen-bond acceptors (Lipinski definition) is 7. The van der Waals surface area contributed by atoms with E-state index < -0.39 is 46.6 Å². The van der Waals surface area contributed by atoms with Crippen LogP contribution in [0.15, 0.2) is 24.3 Å². The number of hydrogen-bond donors (Lipinski definition) is 3. The van der Waals surface area contributed by atoms with Crippen molar-refractivity contribution in [3.05, 3.63) is 29.8 Å². The number of alkyl halides is 2. The normalized spacial score (nSPS) is 13.3. The second kappa shape index (κ2) is 11.7. The van der Waals surface area contributed by atoms with Crippen molar-refractivity contribution >= 4 is 45.3 Å². The molecule has 0 bridgehead atoms. The van der Waals surface area contributed by atoms with Gasteiger partial charge < -0.3 is 20.4 Å². The van der Waals surface area contributed by atoms with E-state index in [1.165, 1.54) is 24.3 Å². The standard InChI is InChI=1S/C17H22ClFN2O8S/c1-30(27,28)29-9-8-21(7-6-18)12-4-2-11(3-5-12)16(24)20-15(17(25)26)13(19)10-14(22)23/h2-5,13,15H,6-10H2,1H3,(H,20,24)(H,22,23)(H,25,26)/t13?,15-/m0/s1. The summed E-state index contributed by atoms with van der Waals surface area (Å²) in [6.07, 6.45) is -2.45. The Bertz CT molecular complexity index is 850. The van der Waals surface area contributed by atoms with Crippen molar-refractivity contribution in [3.8, 4) is 0 Å². The van der Waals surface area contributed by atoms with Gasteiger partial charge in [-0.05, 0) is 24.3 Å². The Morgan fingerprint density at radius 1 is 1.20 bits per heavy atom. The van der Waals surface area contributed by atoms with E-state index in [0.717, 1.165) is 6.26 Å². The third-order valence-electron chi connectivity index (χ3n) is 3.79. The van der Waals surface area contributed by atoms with Crippen molar-refractivity contribution in [2.45, 2.75) is 18.6 Å². The van der Waals surface area contributed by atoms with Gasteiger partial charge in [0, 0.05) is 30.2 Å². The van der Waals surface area contributed by atoms with Crippen molar-refractivity contribution in [2.75, 3.05) is 36.7 Å². The third-order valence-corrected chi connectivity index (χ3v) is 4.56. The first kappa shape index (κ1) is 25.6. The molecule has 30 heavy (non-hydrogen) atoms. The van der Waals surface area contributed by atoms with Gasteiger partial charge in [-0.2, -0.15) is 8.42 Å². The fourth-order valence-electron chi connectivity index (χ4n) is 2.41. The highest BCUT2D eigenvalue weighted by atomic mass is 35.5. The molecule has 3 N–H and O–H groups in total. The Kier molecular flexibility index (Phi) is 9.96. The Labute approximate surface area is 177 Å². The van der Waals surface area contributed by atoms with Gasteiger partial charge in [0.1, 0.15) is 6.17 Å². The van der Waals surface area contributed by atoms with Crippen molar-refractivity contribution < 1.29 is 41.6 Å². The van der Waals surface area contributed by atoms with E-state index in [2.05, 4.69) is 0 Å². The number of amides is 1. The number of benzene rings is 1. The zero-order valence-electron chi connectivity index (χ0n) is 16.0. The number of carboxylic acids is 2. The van der Waals surface area contributed by atoms with Crippen molar-refractivity contribution in [1.29, 1.82) is 0 Å². The average Bonchev–Trinajstić information content (AvgIpc) is 2.63. The van der Waals surface area contributed by atoms with E-state index in [-0.39, 0.29) is 24.6 Å². The number of carboxylic acid groups (broad SMARTS) is 2. The molecule has 1 aromatic carbocycles. The zero-order valence-corrected chi connectivity index (χ0v) is 17.5. The summed E-state index contributed by atoms with van der Waals surface area (Å²) < 4.78 is 40.7. The van der Waals surface area contributed by atoms with E-state index in [9.17, 15) is 27.2 Å². The molecule has 13 heteroatoms. The molecule has 0 saturated heterocycles. The SMILES string of the molecule is CS(=O)(=O)OCCN(CCCl)c1ccc(C(=O)N[C@H](C(=O)O)C(F)CC(=O)O)cc1. The van der Waals surface area contributed by atoms with Crippen LogP contribution in [0.5, 0.6) is 0 Å². The summed E-state index contributed by atoms with van der Waals surface area (Å²) in [5.41, 5.74) is 0.610. The molecule has 0 aliphatic rings. The predicted octanol–water partition coefficient (Wildman–Crippen LogP) is 0.704. The van der Waals surface area contributed by atoms with Gasteiger partial charge in [-0.25, -0.2) is 9.18 Å². The minimum Gasteiger partial charge on any atom is -0.481 e. The van der Waals surface area contributed by atoms with Crippen LogP contribution in [-0.2, 0) is 23.9 Å². The minimum atomic E-state index is -3.60. The molecule has 0 spiro atoms. The quantitative estimate of drug-likeness (QED) is 0.281. The average molecular weight is 469 g/mol. The number of carbonyl (C=O) groups is 3. The first-order chi connectivity index (χ1) is 13.9. The number of halogens is 2. The lowest BCUT2D eigenvalue weighted by atomic mass is 10.1. The molecule has 0 fully saturated rings. The maximum absolute atomic E-state index is 13.9. The van der Waals surface area contributed by atoms with Crippen LogP contribution in [-0.4, -0.2) is 80.5 Å². The Balaban J connectivity index is 2.85. The van der Waals surface area contributed by atoms with Crippen LogP contribution in [0.2, 0.25) is 0 Å². The van der Waals surface area contributed by atoms with E-state index in [4.69, 9.17) is 26.0 Å². The van der Waals surface area contributed by atoms with E-state index in [1.54, 1.807) is 4.90 Å². The first-order valence-corrected chi connectivity index (χ1v) is 10.9. The molecule has 0 aromatic heterocycles. The molecule has 1 amide bonds. The van der Waals surface area contributed by atoms with E-state index in [1.807, 2.05) is 5.32 Å². The van der Waals surface area contributed by atoms with Gasteiger partial charge in [0.2, 0.25) is 0 Å². The lowest BCUT2D eigenvalue weighted by Crippen LogP contribution is -2.47. The molecule has 10 nitrogen and oxygen atoms in total. The molecule has 1 rings (SSSR count). The highest BCUT2D eigenvalue weighted by Crippen LogP contribution is 2.16. The summed E-state index contributed by atoms with van der Waals surface area (Å²) in [7, 11) is -3.60. The van der Waals surface area contributed by atoms with Crippen molar-refractivity contribution in [1.82, 2.24) is 5.32 Å². The number of anilines is 1. The maximum Gasteiger partial charge on any atom is 0.329 e. The van der Waals surface area contributed by atoms with Crippen molar-refractivity contribution in [2.24, 2.45) is 0 Å². The number of nitrogens with one attached hydrogen (secondary N) is 1. The van der Waals surface area contributed by atoms with Crippen LogP contribution >= 0.6 is 11.6 Å². The lowest BCUT2D eigenvalue weighted by molar-refractivity contribution is -0.143. The molecular weight excluding hydrogens is 447 g/mol. The third kappa shape index (κ3) is 8.93. The fourth-order valence-corrected chi connectivity index (χ4v) is 2.99. The van der Waals surface area contributed by atoms with E-state index >= 15 is 0 Å². The van der Waals surface area contributed by atoms with Crippen LogP contribution in [0.25, 0.3) is 0 Å². The highest BCUT2D eigenvalue weighted by molar-refractivity contribution is 7.85. The number of aliphatic carboxylic acids is 2. The Hall–Kier alpha value is -2.44. The zero-order chi connectivity index (χ0) is 22.9. The minimum absolute atomic E-state index is 0.0192. The maximum atomic E-state index is 13.9. The molecule has 0 saturated carbocycles. The predicted molar refractivity (Wildman–Crippen MR) is 106 cm³/mol. The van der Waals surface area contributed by atoms with Gasteiger partial charge in [-0.15, -0.1) is 11.6 Å². The first-order valence-electron chi connectivity index (χ1n) is 8.59. The summed E-state index contributed by atoms with van der Waals surface area (Å²) in [5.74, 6) is -3.89. The number of nitrogens with zero attached hydrogens (tertiary/aromatic N) is 1. The largest absolute Gasteiger partial charge is 0.481 e. The topological polar surface area (TPSA) is 150 Å². The smallest absolute Gasteiger partial charge is 0.329 e. The lowest BCUT2D eigenvalue weighted by Gasteiger charge is -2.24. The molecule has 1 aromatic rings. The van der Waals surface area contributed by atoms with Gasteiger partial charge >= 0.3 is 11.9 Å². The van der Waals surface area contributed by atoms with E-state index in [0.29, 0.717) is 12.2 Å². The molecule has 0 heterocycles. The van der Waals surface area contributed by atoms with Gasteiger partial charge in [0.05, 0.1) is 19.3 Å². The monoisotopic (exact) mass is 468 g/mol. The van der Waals surface area contributed by atoms with Gasteiger partial charge in [0.25, 0.3) is 16.0 Å². The second-order valence-corrected chi connectivity index (χ2v) is 8.17. The summed E-state index contributed by atoms with van der Waals surface area (Å²) in [5, 5.41) is 19.6. The summed E-state index contributed by atoms with van der Waals surface area (Å²) in [6.45, 7) is 0.449. The second-order valence-electron chi connectivity index (χ2n) is 6.15. The van der Waals surface area contributed by atoms with Gasteiger partial charge in [0.15, 0.2) is 6.04 Å². The summed E-state index contributed by atoms with van der Waals surface area (Å²) in [6, 6.07) is 3.72. The van der Waals surface area contributed by atoms with Crippen LogP contribution in [0.1, 0.15) is 16.8 Å². The Morgan fingerprint density at radius 3 is 2.27 bits per heavy atom. The molecule has 0 aliphatic heterocycles. The Morgan fingerprint density at radius 2 is 1.80 bits per heavy atom.